The zero-order valence-corrected chi connectivity index (χ0v) is 10.3. The van der Waals surface area contributed by atoms with E-state index in [1.807, 2.05) is 32.9 Å². The second-order valence-electron chi connectivity index (χ2n) is 3.89. The number of aromatic nitrogens is 3. The molecule has 0 spiro atoms. The van der Waals surface area contributed by atoms with Crippen molar-refractivity contribution in [2.45, 2.75) is 26.8 Å². The number of nitrogens with zero attached hydrogens (tertiary/aromatic N) is 3. The van der Waals surface area contributed by atoms with Crippen LogP contribution >= 0.6 is 0 Å². The summed E-state index contributed by atoms with van der Waals surface area (Å²) >= 11 is 0. The fraction of sp³-hybridized carbons (Fsp3) is 0.417. The third-order valence-electron chi connectivity index (χ3n) is 2.53. The van der Waals surface area contributed by atoms with Gasteiger partial charge in [-0.3, -0.25) is 4.98 Å². The van der Waals surface area contributed by atoms with E-state index in [4.69, 9.17) is 4.42 Å². The van der Waals surface area contributed by atoms with Crippen molar-refractivity contribution in [3.8, 4) is 11.6 Å². The molecule has 17 heavy (non-hydrogen) atoms. The van der Waals surface area contributed by atoms with Gasteiger partial charge in [-0.05, 0) is 32.0 Å². The van der Waals surface area contributed by atoms with E-state index in [1.54, 1.807) is 6.20 Å². The van der Waals surface area contributed by atoms with Gasteiger partial charge in [0.15, 0.2) is 0 Å². The number of pyridine rings is 1. The molecule has 1 N–H and O–H groups in total. The molecule has 1 atom stereocenters. The molecule has 0 saturated carbocycles. The first-order valence-electron chi connectivity index (χ1n) is 5.71. The molecular weight excluding hydrogens is 216 g/mol. The topological polar surface area (TPSA) is 63.8 Å². The molecule has 0 bridgehead atoms. The third-order valence-corrected chi connectivity index (χ3v) is 2.53. The van der Waals surface area contributed by atoms with Crippen LogP contribution in [-0.4, -0.2) is 21.7 Å². The van der Waals surface area contributed by atoms with Crippen molar-refractivity contribution in [3.05, 3.63) is 29.8 Å². The van der Waals surface area contributed by atoms with Crippen LogP contribution in [0, 0.1) is 6.92 Å². The lowest BCUT2D eigenvalue weighted by Crippen LogP contribution is -2.17. The number of nitrogens with one attached hydrogen (secondary N) is 1. The molecular formula is C12H16N4O. The zero-order chi connectivity index (χ0) is 12.3. The van der Waals surface area contributed by atoms with Gasteiger partial charge in [0.2, 0.25) is 5.89 Å². The third kappa shape index (κ3) is 2.50. The normalized spacial score (nSPS) is 12.6. The van der Waals surface area contributed by atoms with E-state index in [2.05, 4.69) is 20.5 Å². The van der Waals surface area contributed by atoms with Gasteiger partial charge in [-0.2, -0.15) is 0 Å². The van der Waals surface area contributed by atoms with Crippen molar-refractivity contribution >= 4 is 0 Å². The molecule has 0 saturated heterocycles. The van der Waals surface area contributed by atoms with Crippen molar-refractivity contribution in [1.29, 1.82) is 0 Å². The Kier molecular flexibility index (Phi) is 3.49. The van der Waals surface area contributed by atoms with Crippen LogP contribution in [0.5, 0.6) is 0 Å². The first-order valence-corrected chi connectivity index (χ1v) is 5.71. The molecule has 90 valence electrons. The van der Waals surface area contributed by atoms with Gasteiger partial charge in [-0.1, -0.05) is 13.0 Å². The minimum Gasteiger partial charge on any atom is -0.418 e. The summed E-state index contributed by atoms with van der Waals surface area (Å²) in [5, 5.41) is 11.3. The Morgan fingerprint density at radius 2 is 2.24 bits per heavy atom. The molecule has 0 radical (unpaired) electrons. The van der Waals surface area contributed by atoms with Gasteiger partial charge in [0.05, 0.1) is 6.04 Å². The summed E-state index contributed by atoms with van der Waals surface area (Å²) in [7, 11) is 0. The molecule has 2 aromatic heterocycles. The second kappa shape index (κ2) is 5.05. The average molecular weight is 232 g/mol. The van der Waals surface area contributed by atoms with E-state index in [0.29, 0.717) is 11.8 Å². The van der Waals surface area contributed by atoms with Crippen LogP contribution in [0.4, 0.5) is 0 Å². The number of rotatable bonds is 4. The highest BCUT2D eigenvalue weighted by molar-refractivity contribution is 5.51. The van der Waals surface area contributed by atoms with E-state index in [0.717, 1.165) is 17.8 Å². The smallest absolute Gasteiger partial charge is 0.266 e. The highest BCUT2D eigenvalue weighted by atomic mass is 16.4. The monoisotopic (exact) mass is 232 g/mol. The van der Waals surface area contributed by atoms with Crippen molar-refractivity contribution in [3.63, 3.8) is 0 Å². The molecule has 0 fully saturated rings. The van der Waals surface area contributed by atoms with E-state index in [1.165, 1.54) is 0 Å². The fourth-order valence-electron chi connectivity index (χ4n) is 1.61. The van der Waals surface area contributed by atoms with E-state index in [-0.39, 0.29) is 6.04 Å². The summed E-state index contributed by atoms with van der Waals surface area (Å²) in [6.45, 7) is 6.87. The van der Waals surface area contributed by atoms with Gasteiger partial charge >= 0.3 is 0 Å². The molecule has 2 heterocycles. The first-order chi connectivity index (χ1) is 8.22. The standard InChI is InChI=1S/C12H16N4O/c1-4-13-9(3)11-15-16-12(17-11)10-8(2)6-5-7-14-10/h5-7,9,13H,4H2,1-3H3. The Hall–Kier alpha value is -1.75. The highest BCUT2D eigenvalue weighted by Gasteiger charge is 2.15. The van der Waals surface area contributed by atoms with Crippen LogP contribution in [0.3, 0.4) is 0 Å². The largest absolute Gasteiger partial charge is 0.418 e. The van der Waals surface area contributed by atoms with Crippen molar-refractivity contribution < 1.29 is 4.42 Å². The van der Waals surface area contributed by atoms with Crippen LogP contribution in [0.1, 0.15) is 31.3 Å². The molecule has 5 nitrogen and oxygen atoms in total. The number of aryl methyl sites for hydroxylation is 1. The first kappa shape index (κ1) is 11.7. The quantitative estimate of drug-likeness (QED) is 0.874. The van der Waals surface area contributed by atoms with E-state index in [9.17, 15) is 0 Å². The second-order valence-corrected chi connectivity index (χ2v) is 3.89. The molecule has 2 rings (SSSR count). The SMILES string of the molecule is CCNC(C)c1nnc(-c2ncccc2C)o1. The minimum absolute atomic E-state index is 0.0604. The maximum absolute atomic E-state index is 5.62. The van der Waals surface area contributed by atoms with Gasteiger partial charge in [0, 0.05) is 6.20 Å². The Morgan fingerprint density at radius 3 is 2.94 bits per heavy atom. The predicted octanol–water partition coefficient (Wildman–Crippen LogP) is 2.11. The Balaban J connectivity index is 2.27. The summed E-state index contributed by atoms with van der Waals surface area (Å²) in [6.07, 6.45) is 1.72. The lowest BCUT2D eigenvalue weighted by atomic mass is 10.2. The summed E-state index contributed by atoms with van der Waals surface area (Å²) in [4.78, 5) is 4.25. The number of hydrogen-bond acceptors (Lipinski definition) is 5. The Labute approximate surface area is 100 Å². The lowest BCUT2D eigenvalue weighted by molar-refractivity contribution is 0.428. The lowest BCUT2D eigenvalue weighted by Gasteiger charge is -2.05. The molecule has 2 aromatic rings. The molecule has 0 aliphatic rings. The van der Waals surface area contributed by atoms with Gasteiger partial charge in [0.25, 0.3) is 5.89 Å². The highest BCUT2D eigenvalue weighted by Crippen LogP contribution is 2.21. The van der Waals surface area contributed by atoms with Crippen LogP contribution in [-0.2, 0) is 0 Å². The van der Waals surface area contributed by atoms with Crippen LogP contribution in [0.15, 0.2) is 22.7 Å². The average Bonchev–Trinajstić information content (AvgIpc) is 2.79. The maximum Gasteiger partial charge on any atom is 0.266 e. The Morgan fingerprint density at radius 1 is 1.41 bits per heavy atom. The van der Waals surface area contributed by atoms with Crippen molar-refractivity contribution in [2.24, 2.45) is 0 Å². The minimum atomic E-state index is 0.0604. The van der Waals surface area contributed by atoms with Gasteiger partial charge in [0.1, 0.15) is 5.69 Å². The zero-order valence-electron chi connectivity index (χ0n) is 10.3. The summed E-state index contributed by atoms with van der Waals surface area (Å²) in [5.41, 5.74) is 1.77. The Bertz CT molecular complexity index is 495. The fourth-order valence-corrected chi connectivity index (χ4v) is 1.61. The molecule has 0 aliphatic heterocycles. The van der Waals surface area contributed by atoms with Gasteiger partial charge in [-0.25, -0.2) is 0 Å². The van der Waals surface area contributed by atoms with Gasteiger partial charge in [-0.15, -0.1) is 10.2 Å². The van der Waals surface area contributed by atoms with Crippen LogP contribution in [0.2, 0.25) is 0 Å². The predicted molar refractivity (Wildman–Crippen MR) is 64.4 cm³/mol. The summed E-state index contributed by atoms with van der Waals surface area (Å²) < 4.78 is 5.62. The van der Waals surface area contributed by atoms with E-state index < -0.39 is 0 Å². The van der Waals surface area contributed by atoms with E-state index >= 15 is 0 Å². The van der Waals surface area contributed by atoms with Crippen LogP contribution in [0.25, 0.3) is 11.6 Å². The summed E-state index contributed by atoms with van der Waals surface area (Å²) in [5.74, 6) is 1.06. The molecule has 1 unspecified atom stereocenters. The number of hydrogen-bond donors (Lipinski definition) is 1. The van der Waals surface area contributed by atoms with Crippen LogP contribution < -0.4 is 5.32 Å². The van der Waals surface area contributed by atoms with Crippen molar-refractivity contribution in [1.82, 2.24) is 20.5 Å². The molecule has 5 heteroatoms. The molecule has 0 aromatic carbocycles. The molecule has 0 amide bonds. The van der Waals surface area contributed by atoms with Crippen molar-refractivity contribution in [2.75, 3.05) is 6.54 Å². The maximum atomic E-state index is 5.62. The summed E-state index contributed by atoms with van der Waals surface area (Å²) in [6, 6.07) is 3.92. The van der Waals surface area contributed by atoms with Gasteiger partial charge < -0.3 is 9.73 Å². The molecule has 0 aliphatic carbocycles.